The minimum absolute atomic E-state index is 0.124. The molecule has 0 aromatic carbocycles. The molecule has 0 aliphatic carbocycles. The highest BCUT2D eigenvalue weighted by atomic mass is 32.2. The smallest absolute Gasteiger partial charge is 0.246 e. The number of hydrogen-bond acceptors (Lipinski definition) is 4. The van der Waals surface area contributed by atoms with E-state index in [2.05, 4.69) is 5.10 Å². The number of furan rings is 1. The van der Waals surface area contributed by atoms with Crippen LogP contribution in [0, 0.1) is 0 Å². The average Bonchev–Trinajstić information content (AvgIpc) is 2.99. The van der Waals surface area contributed by atoms with E-state index in [1.807, 2.05) is 13.8 Å². The quantitative estimate of drug-likeness (QED) is 0.840. The molecule has 0 spiro atoms. The lowest BCUT2D eigenvalue weighted by Gasteiger charge is -2.14. The van der Waals surface area contributed by atoms with Crippen molar-refractivity contribution in [2.75, 3.05) is 7.05 Å². The molecule has 0 amide bonds. The molecule has 0 fully saturated rings. The van der Waals surface area contributed by atoms with Crippen molar-refractivity contribution < 1.29 is 12.8 Å². The highest BCUT2D eigenvalue weighted by Gasteiger charge is 2.23. The van der Waals surface area contributed by atoms with Gasteiger partial charge in [-0.25, -0.2) is 8.42 Å². The molecule has 19 heavy (non-hydrogen) atoms. The van der Waals surface area contributed by atoms with Gasteiger partial charge in [0, 0.05) is 19.3 Å². The lowest BCUT2D eigenvalue weighted by Crippen LogP contribution is -2.26. The van der Waals surface area contributed by atoms with Gasteiger partial charge in [0.25, 0.3) is 0 Å². The summed E-state index contributed by atoms with van der Waals surface area (Å²) < 4.78 is 32.7. The molecule has 0 aliphatic rings. The molecule has 104 valence electrons. The van der Waals surface area contributed by atoms with Crippen molar-refractivity contribution in [3.63, 3.8) is 0 Å². The fourth-order valence-corrected chi connectivity index (χ4v) is 2.70. The van der Waals surface area contributed by atoms with Crippen LogP contribution in [0.15, 0.2) is 40.1 Å². The number of nitrogens with zero attached hydrogens (tertiary/aromatic N) is 3. The van der Waals surface area contributed by atoms with Gasteiger partial charge < -0.3 is 4.42 Å². The number of sulfonamides is 1. The zero-order valence-corrected chi connectivity index (χ0v) is 12.0. The molecule has 6 nitrogen and oxygen atoms in total. The van der Waals surface area contributed by atoms with Crippen LogP contribution in [-0.2, 0) is 16.6 Å². The number of aromatic nitrogens is 2. The van der Waals surface area contributed by atoms with Gasteiger partial charge in [-0.3, -0.25) is 4.68 Å². The zero-order valence-electron chi connectivity index (χ0n) is 11.1. The second-order valence-electron chi connectivity index (χ2n) is 4.59. The van der Waals surface area contributed by atoms with E-state index in [1.165, 1.54) is 23.8 Å². The van der Waals surface area contributed by atoms with Gasteiger partial charge in [0.05, 0.1) is 19.0 Å². The minimum Gasteiger partial charge on any atom is -0.468 e. The van der Waals surface area contributed by atoms with Crippen LogP contribution in [0.2, 0.25) is 0 Å². The normalized spacial score (nSPS) is 12.5. The maximum atomic E-state index is 12.3. The molecule has 2 heterocycles. The SMILES string of the molecule is CC(C)n1cc(S(=O)(=O)N(C)Cc2ccco2)cn1. The van der Waals surface area contributed by atoms with Gasteiger partial charge in [0.2, 0.25) is 10.0 Å². The van der Waals surface area contributed by atoms with Crippen molar-refractivity contribution >= 4 is 10.0 Å². The third kappa shape index (κ3) is 2.87. The predicted octanol–water partition coefficient (Wildman–Crippen LogP) is 1.88. The molecule has 0 unspecified atom stereocenters. The van der Waals surface area contributed by atoms with Crippen LogP contribution in [0.3, 0.4) is 0 Å². The number of hydrogen-bond donors (Lipinski definition) is 0. The minimum atomic E-state index is -3.54. The first-order valence-corrected chi connectivity index (χ1v) is 7.38. The van der Waals surface area contributed by atoms with E-state index in [9.17, 15) is 8.42 Å². The van der Waals surface area contributed by atoms with Crippen molar-refractivity contribution in [3.05, 3.63) is 36.5 Å². The maximum Gasteiger partial charge on any atom is 0.246 e. The second-order valence-corrected chi connectivity index (χ2v) is 6.64. The molecule has 2 aromatic heterocycles. The Kier molecular flexibility index (Phi) is 3.77. The summed E-state index contributed by atoms with van der Waals surface area (Å²) in [7, 11) is -2.02. The predicted molar refractivity (Wildman–Crippen MR) is 70.0 cm³/mol. The van der Waals surface area contributed by atoms with Crippen LogP contribution in [0.5, 0.6) is 0 Å². The van der Waals surface area contributed by atoms with E-state index < -0.39 is 10.0 Å². The van der Waals surface area contributed by atoms with E-state index in [1.54, 1.807) is 23.0 Å². The van der Waals surface area contributed by atoms with Gasteiger partial charge in [0.15, 0.2) is 0 Å². The first-order valence-electron chi connectivity index (χ1n) is 5.94. The Bertz CT molecular complexity index is 629. The van der Waals surface area contributed by atoms with E-state index >= 15 is 0 Å². The van der Waals surface area contributed by atoms with Crippen molar-refractivity contribution in [3.8, 4) is 0 Å². The molecule has 2 rings (SSSR count). The summed E-state index contributed by atoms with van der Waals surface area (Å²) in [6.45, 7) is 4.08. The molecule has 0 saturated carbocycles. The lowest BCUT2D eigenvalue weighted by atomic mass is 10.4. The van der Waals surface area contributed by atoms with Crippen molar-refractivity contribution in [1.29, 1.82) is 0 Å². The molecular formula is C12H17N3O3S. The standard InChI is InChI=1S/C12H17N3O3S/c1-10(2)15-9-12(7-13-15)19(16,17)14(3)8-11-5-4-6-18-11/h4-7,9-10H,8H2,1-3H3. The van der Waals surface area contributed by atoms with E-state index in [4.69, 9.17) is 4.42 Å². The largest absolute Gasteiger partial charge is 0.468 e. The zero-order chi connectivity index (χ0) is 14.0. The molecule has 0 atom stereocenters. The summed E-state index contributed by atoms with van der Waals surface area (Å²) in [6.07, 6.45) is 4.43. The molecule has 2 aromatic rings. The summed E-state index contributed by atoms with van der Waals surface area (Å²) >= 11 is 0. The Hall–Kier alpha value is -1.60. The molecule has 0 bridgehead atoms. The highest BCUT2D eigenvalue weighted by molar-refractivity contribution is 7.89. The third-order valence-corrected chi connectivity index (χ3v) is 4.53. The molecule has 0 N–H and O–H groups in total. The topological polar surface area (TPSA) is 68.3 Å². The maximum absolute atomic E-state index is 12.3. The van der Waals surface area contributed by atoms with Crippen LogP contribution >= 0.6 is 0 Å². The van der Waals surface area contributed by atoms with Crippen LogP contribution in [0.25, 0.3) is 0 Å². The van der Waals surface area contributed by atoms with Crippen molar-refractivity contribution in [2.45, 2.75) is 31.3 Å². The first kappa shape index (κ1) is 13.8. The fourth-order valence-electron chi connectivity index (χ4n) is 1.62. The Morgan fingerprint density at radius 1 is 1.47 bits per heavy atom. The van der Waals surface area contributed by atoms with E-state index in [-0.39, 0.29) is 17.5 Å². The van der Waals surface area contributed by atoms with Crippen LogP contribution < -0.4 is 0 Å². The van der Waals surface area contributed by atoms with E-state index in [0.29, 0.717) is 5.76 Å². The summed E-state index contributed by atoms with van der Waals surface area (Å²) in [4.78, 5) is 0.190. The number of rotatable bonds is 5. The monoisotopic (exact) mass is 283 g/mol. The van der Waals surface area contributed by atoms with Gasteiger partial charge in [-0.15, -0.1) is 0 Å². The first-order chi connectivity index (χ1) is 8.91. The Balaban J connectivity index is 2.21. The Labute approximate surface area is 112 Å². The van der Waals surface area contributed by atoms with Gasteiger partial charge in [-0.2, -0.15) is 9.40 Å². The van der Waals surface area contributed by atoms with Gasteiger partial charge >= 0.3 is 0 Å². The summed E-state index contributed by atoms with van der Waals surface area (Å²) in [5.41, 5.74) is 0. The summed E-state index contributed by atoms with van der Waals surface area (Å²) in [6, 6.07) is 3.59. The second kappa shape index (κ2) is 5.18. The molecule has 0 aliphatic heterocycles. The molecule has 7 heteroatoms. The Morgan fingerprint density at radius 2 is 2.21 bits per heavy atom. The van der Waals surface area contributed by atoms with Gasteiger partial charge in [-0.05, 0) is 26.0 Å². The van der Waals surface area contributed by atoms with Gasteiger partial charge in [0.1, 0.15) is 10.7 Å². The molecule has 0 radical (unpaired) electrons. The molecule has 0 saturated heterocycles. The Morgan fingerprint density at radius 3 is 2.74 bits per heavy atom. The van der Waals surface area contributed by atoms with Gasteiger partial charge in [-0.1, -0.05) is 0 Å². The average molecular weight is 283 g/mol. The third-order valence-electron chi connectivity index (χ3n) is 2.77. The van der Waals surface area contributed by atoms with Crippen molar-refractivity contribution in [2.24, 2.45) is 0 Å². The summed E-state index contributed by atoms with van der Waals surface area (Å²) in [5.74, 6) is 0.599. The van der Waals surface area contributed by atoms with E-state index in [0.717, 1.165) is 0 Å². The summed E-state index contributed by atoms with van der Waals surface area (Å²) in [5, 5.41) is 4.05. The van der Waals surface area contributed by atoms with Crippen molar-refractivity contribution in [1.82, 2.24) is 14.1 Å². The molecular weight excluding hydrogens is 266 g/mol. The van der Waals surface area contributed by atoms with Crippen LogP contribution in [-0.4, -0.2) is 29.6 Å². The fraction of sp³-hybridized carbons (Fsp3) is 0.417. The van der Waals surface area contributed by atoms with Crippen LogP contribution in [0.1, 0.15) is 25.6 Å². The van der Waals surface area contributed by atoms with Crippen LogP contribution in [0.4, 0.5) is 0 Å². The highest BCUT2D eigenvalue weighted by Crippen LogP contribution is 2.17. The lowest BCUT2D eigenvalue weighted by molar-refractivity contribution is 0.406.